The average Bonchev–Trinajstić information content (AvgIpc) is 2.35. The van der Waals surface area contributed by atoms with Crippen molar-refractivity contribution in [2.45, 2.75) is 46.6 Å². The van der Waals surface area contributed by atoms with Gasteiger partial charge in [0.1, 0.15) is 6.10 Å². The Hall–Kier alpha value is -1.57. The van der Waals surface area contributed by atoms with E-state index in [9.17, 15) is 0 Å². The zero-order chi connectivity index (χ0) is 13.8. The molecule has 0 aromatic carbocycles. The SMILES string of the molecule is C=CC(CC=NOC(C)C)=C(C=CC)C=CCC. The lowest BCUT2D eigenvalue weighted by Crippen LogP contribution is -1.96. The quantitative estimate of drug-likeness (QED) is 0.342. The largest absolute Gasteiger partial charge is 0.393 e. The van der Waals surface area contributed by atoms with E-state index in [1.165, 1.54) is 5.57 Å². The van der Waals surface area contributed by atoms with Crippen LogP contribution in [0.1, 0.15) is 40.5 Å². The Bertz CT molecular complexity index is 346. The lowest BCUT2D eigenvalue weighted by Gasteiger charge is -2.04. The van der Waals surface area contributed by atoms with Gasteiger partial charge in [-0.2, -0.15) is 0 Å². The van der Waals surface area contributed by atoms with Crippen LogP contribution in [0, 0.1) is 0 Å². The summed E-state index contributed by atoms with van der Waals surface area (Å²) in [6.45, 7) is 11.9. The predicted octanol–water partition coefficient (Wildman–Crippen LogP) is 4.81. The van der Waals surface area contributed by atoms with Crippen molar-refractivity contribution >= 4 is 6.21 Å². The van der Waals surface area contributed by atoms with Gasteiger partial charge in [0.15, 0.2) is 0 Å². The van der Waals surface area contributed by atoms with Gasteiger partial charge < -0.3 is 4.84 Å². The van der Waals surface area contributed by atoms with Crippen LogP contribution >= 0.6 is 0 Å². The fourth-order valence-corrected chi connectivity index (χ4v) is 1.31. The van der Waals surface area contributed by atoms with E-state index in [-0.39, 0.29) is 6.10 Å². The van der Waals surface area contributed by atoms with Gasteiger partial charge in [-0.15, -0.1) is 0 Å². The van der Waals surface area contributed by atoms with Gasteiger partial charge in [-0.1, -0.05) is 49.0 Å². The van der Waals surface area contributed by atoms with Crippen LogP contribution in [0.3, 0.4) is 0 Å². The molecule has 0 N–H and O–H groups in total. The molecular weight excluding hydrogens is 222 g/mol. The molecule has 2 nitrogen and oxygen atoms in total. The summed E-state index contributed by atoms with van der Waals surface area (Å²) in [5.74, 6) is 0. The molecule has 18 heavy (non-hydrogen) atoms. The van der Waals surface area contributed by atoms with Crippen molar-refractivity contribution in [3.8, 4) is 0 Å². The van der Waals surface area contributed by atoms with Gasteiger partial charge in [-0.05, 0) is 38.3 Å². The Kier molecular flexibility index (Phi) is 9.65. The molecule has 0 aliphatic rings. The average molecular weight is 247 g/mol. The van der Waals surface area contributed by atoms with Crippen LogP contribution in [0.4, 0.5) is 0 Å². The van der Waals surface area contributed by atoms with Crippen LogP contribution < -0.4 is 0 Å². The Labute approximate surface area is 111 Å². The van der Waals surface area contributed by atoms with Crippen molar-refractivity contribution in [1.82, 2.24) is 0 Å². The zero-order valence-electron chi connectivity index (χ0n) is 12.0. The molecule has 0 aliphatic heterocycles. The fraction of sp³-hybridized carbons (Fsp3) is 0.438. The summed E-state index contributed by atoms with van der Waals surface area (Å²) in [5, 5.41) is 3.93. The van der Waals surface area contributed by atoms with Crippen LogP contribution in [0.15, 0.2) is 53.3 Å². The predicted molar refractivity (Wildman–Crippen MR) is 80.8 cm³/mol. The minimum atomic E-state index is 0.118. The van der Waals surface area contributed by atoms with Crippen molar-refractivity contribution in [3.63, 3.8) is 0 Å². The molecule has 2 heteroatoms. The maximum Gasteiger partial charge on any atom is 0.121 e. The topological polar surface area (TPSA) is 21.6 Å². The second kappa shape index (κ2) is 10.6. The van der Waals surface area contributed by atoms with Crippen molar-refractivity contribution in [2.24, 2.45) is 5.16 Å². The third-order valence-corrected chi connectivity index (χ3v) is 2.15. The highest BCUT2D eigenvalue weighted by molar-refractivity contribution is 5.63. The Balaban J connectivity index is 4.80. The van der Waals surface area contributed by atoms with Gasteiger partial charge in [0.05, 0.1) is 0 Å². The lowest BCUT2D eigenvalue weighted by molar-refractivity contribution is 0.0869. The molecule has 0 bridgehead atoms. The summed E-state index contributed by atoms with van der Waals surface area (Å²) in [4.78, 5) is 5.13. The maximum atomic E-state index is 5.13. The Morgan fingerprint density at radius 3 is 2.56 bits per heavy atom. The van der Waals surface area contributed by atoms with E-state index in [1.807, 2.05) is 32.9 Å². The minimum absolute atomic E-state index is 0.118. The van der Waals surface area contributed by atoms with Crippen LogP contribution in [0.25, 0.3) is 0 Å². The van der Waals surface area contributed by atoms with E-state index in [1.54, 1.807) is 6.21 Å². The lowest BCUT2D eigenvalue weighted by atomic mass is 10.0. The van der Waals surface area contributed by atoms with Gasteiger partial charge in [-0.25, -0.2) is 0 Å². The summed E-state index contributed by atoms with van der Waals surface area (Å²) < 4.78 is 0. The fourth-order valence-electron chi connectivity index (χ4n) is 1.31. The van der Waals surface area contributed by atoms with Gasteiger partial charge in [0.2, 0.25) is 0 Å². The molecule has 0 aromatic rings. The number of allylic oxidation sites excluding steroid dienone is 7. The number of oxime groups is 1. The normalized spacial score (nSPS) is 13.8. The third-order valence-electron chi connectivity index (χ3n) is 2.15. The van der Waals surface area contributed by atoms with E-state index >= 15 is 0 Å². The van der Waals surface area contributed by atoms with Crippen LogP contribution in [0.2, 0.25) is 0 Å². The van der Waals surface area contributed by atoms with E-state index in [0.717, 1.165) is 18.4 Å². The van der Waals surface area contributed by atoms with E-state index in [4.69, 9.17) is 4.84 Å². The number of nitrogens with zero attached hydrogens (tertiary/aromatic N) is 1. The van der Waals surface area contributed by atoms with Gasteiger partial charge in [0, 0.05) is 12.6 Å². The molecule has 0 atom stereocenters. The van der Waals surface area contributed by atoms with E-state index in [2.05, 4.69) is 36.9 Å². The summed E-state index contributed by atoms with van der Waals surface area (Å²) in [6, 6.07) is 0. The monoisotopic (exact) mass is 247 g/mol. The molecule has 0 aliphatic carbocycles. The van der Waals surface area contributed by atoms with Crippen molar-refractivity contribution < 1.29 is 4.84 Å². The molecule has 0 rings (SSSR count). The molecular formula is C16H25NO. The summed E-state index contributed by atoms with van der Waals surface area (Å²) in [5.41, 5.74) is 2.32. The maximum absolute atomic E-state index is 5.13. The molecule has 0 aromatic heterocycles. The molecule has 0 saturated carbocycles. The number of rotatable bonds is 8. The van der Waals surface area contributed by atoms with Gasteiger partial charge in [0.25, 0.3) is 0 Å². The highest BCUT2D eigenvalue weighted by Crippen LogP contribution is 2.13. The molecule has 0 heterocycles. The molecule has 0 fully saturated rings. The van der Waals surface area contributed by atoms with Crippen LogP contribution in [-0.4, -0.2) is 12.3 Å². The smallest absolute Gasteiger partial charge is 0.121 e. The van der Waals surface area contributed by atoms with Gasteiger partial charge in [-0.3, -0.25) is 0 Å². The molecule has 0 radical (unpaired) electrons. The van der Waals surface area contributed by atoms with Crippen molar-refractivity contribution in [3.05, 3.63) is 48.1 Å². The number of hydrogen-bond acceptors (Lipinski definition) is 2. The van der Waals surface area contributed by atoms with Crippen LogP contribution in [0.5, 0.6) is 0 Å². The first-order chi connectivity index (χ1) is 8.65. The summed E-state index contributed by atoms with van der Waals surface area (Å²) >= 11 is 0. The van der Waals surface area contributed by atoms with Crippen molar-refractivity contribution in [1.29, 1.82) is 0 Å². The summed E-state index contributed by atoms with van der Waals surface area (Å²) in [7, 11) is 0. The molecule has 0 amide bonds. The minimum Gasteiger partial charge on any atom is -0.393 e. The summed E-state index contributed by atoms with van der Waals surface area (Å²) in [6.07, 6.45) is 13.9. The zero-order valence-corrected chi connectivity index (χ0v) is 12.0. The molecule has 100 valence electrons. The Morgan fingerprint density at radius 1 is 1.33 bits per heavy atom. The molecule has 0 saturated heterocycles. The van der Waals surface area contributed by atoms with Gasteiger partial charge >= 0.3 is 0 Å². The van der Waals surface area contributed by atoms with Crippen molar-refractivity contribution in [2.75, 3.05) is 0 Å². The highest BCUT2D eigenvalue weighted by atomic mass is 16.6. The first-order valence-electron chi connectivity index (χ1n) is 6.48. The van der Waals surface area contributed by atoms with Crippen LogP contribution in [-0.2, 0) is 4.84 Å². The van der Waals surface area contributed by atoms with E-state index < -0.39 is 0 Å². The first kappa shape index (κ1) is 16.4. The third kappa shape index (κ3) is 7.66. The molecule has 0 unspecified atom stereocenters. The highest BCUT2D eigenvalue weighted by Gasteiger charge is 1.97. The first-order valence-corrected chi connectivity index (χ1v) is 6.48. The number of hydrogen-bond donors (Lipinski definition) is 0. The van der Waals surface area contributed by atoms with E-state index in [0.29, 0.717) is 0 Å². The standard InChI is InChI=1S/C16H25NO/c1-6-9-11-16(10-7-2)15(8-3)12-13-17-18-14(4)5/h7-11,13-14H,3,6,12H2,1-2,4-5H3. The second-order valence-electron chi connectivity index (χ2n) is 4.14. The molecule has 0 spiro atoms. The Morgan fingerprint density at radius 2 is 2.06 bits per heavy atom. The second-order valence-corrected chi connectivity index (χ2v) is 4.14.